The summed E-state index contributed by atoms with van der Waals surface area (Å²) < 4.78 is 1.20. The smallest absolute Gasteiger partial charge is 0.267 e. The first-order valence-corrected chi connectivity index (χ1v) is 7.46. The van der Waals surface area contributed by atoms with Crippen LogP contribution in [0.3, 0.4) is 0 Å². The van der Waals surface area contributed by atoms with Crippen LogP contribution in [0.5, 0.6) is 0 Å². The summed E-state index contributed by atoms with van der Waals surface area (Å²) in [6, 6.07) is 12.7. The zero-order valence-corrected chi connectivity index (χ0v) is 13.0. The van der Waals surface area contributed by atoms with E-state index in [9.17, 15) is 9.59 Å². The number of benzene rings is 1. The molecule has 5 nitrogen and oxygen atoms in total. The molecule has 1 aromatic heterocycles. The number of aromatic nitrogens is 2. The van der Waals surface area contributed by atoms with E-state index in [-0.39, 0.29) is 18.0 Å². The number of carbonyl (C=O) groups is 1. The van der Waals surface area contributed by atoms with Crippen molar-refractivity contribution in [1.29, 1.82) is 0 Å². The van der Waals surface area contributed by atoms with Crippen LogP contribution in [-0.4, -0.2) is 22.2 Å². The number of hydrogen-bond acceptors (Lipinski definition) is 3. The van der Waals surface area contributed by atoms with Gasteiger partial charge in [-0.2, -0.15) is 5.10 Å². The molecular weight excluding hydrogens is 278 g/mol. The standard InChI is InChI=1S/C17H21N3O2/c1-13(2)10-11-18-16(21)12-20-17(22)9-8-15(19-20)14-6-4-3-5-7-14/h3-9,13H,10-12H2,1-2H3,(H,18,21). The van der Waals surface area contributed by atoms with Crippen LogP contribution in [0.15, 0.2) is 47.3 Å². The van der Waals surface area contributed by atoms with Crippen molar-refractivity contribution in [2.24, 2.45) is 5.92 Å². The summed E-state index contributed by atoms with van der Waals surface area (Å²) >= 11 is 0. The van der Waals surface area contributed by atoms with Crippen molar-refractivity contribution < 1.29 is 4.79 Å². The number of nitrogens with one attached hydrogen (secondary N) is 1. The van der Waals surface area contributed by atoms with Crippen LogP contribution in [0, 0.1) is 5.92 Å². The molecule has 0 saturated carbocycles. The lowest BCUT2D eigenvalue weighted by Gasteiger charge is -2.09. The zero-order chi connectivity index (χ0) is 15.9. The fourth-order valence-electron chi connectivity index (χ4n) is 2.02. The maximum Gasteiger partial charge on any atom is 0.267 e. The van der Waals surface area contributed by atoms with E-state index in [0.29, 0.717) is 18.2 Å². The molecule has 0 aliphatic rings. The average molecular weight is 299 g/mol. The van der Waals surface area contributed by atoms with E-state index in [2.05, 4.69) is 24.3 Å². The van der Waals surface area contributed by atoms with Gasteiger partial charge in [-0.25, -0.2) is 4.68 Å². The second-order valence-electron chi connectivity index (χ2n) is 5.61. The third-order valence-electron chi connectivity index (χ3n) is 3.27. The van der Waals surface area contributed by atoms with Crippen LogP contribution in [-0.2, 0) is 11.3 Å². The molecule has 0 radical (unpaired) electrons. The maximum absolute atomic E-state index is 11.9. The topological polar surface area (TPSA) is 64.0 Å². The Labute approximate surface area is 130 Å². The Morgan fingerprint density at radius 2 is 1.91 bits per heavy atom. The molecule has 0 spiro atoms. The number of carbonyl (C=O) groups excluding carboxylic acids is 1. The predicted octanol–water partition coefficient (Wildman–Crippen LogP) is 2.07. The van der Waals surface area contributed by atoms with E-state index in [1.807, 2.05) is 30.3 Å². The fourth-order valence-corrected chi connectivity index (χ4v) is 2.02. The van der Waals surface area contributed by atoms with Gasteiger partial charge in [0, 0.05) is 18.2 Å². The lowest BCUT2D eigenvalue weighted by Crippen LogP contribution is -2.34. The molecule has 1 heterocycles. The Morgan fingerprint density at radius 3 is 2.59 bits per heavy atom. The fraction of sp³-hybridized carbons (Fsp3) is 0.353. The first-order valence-electron chi connectivity index (χ1n) is 7.46. The Bertz CT molecular complexity index is 678. The molecule has 1 amide bonds. The van der Waals surface area contributed by atoms with Crippen LogP contribution in [0.4, 0.5) is 0 Å². The lowest BCUT2D eigenvalue weighted by atomic mass is 10.1. The first kappa shape index (κ1) is 15.9. The molecule has 1 aromatic carbocycles. The second-order valence-corrected chi connectivity index (χ2v) is 5.61. The largest absolute Gasteiger partial charge is 0.354 e. The van der Waals surface area contributed by atoms with E-state index in [0.717, 1.165) is 12.0 Å². The van der Waals surface area contributed by atoms with Crippen molar-refractivity contribution in [3.05, 3.63) is 52.8 Å². The molecule has 0 unspecified atom stereocenters. The van der Waals surface area contributed by atoms with Gasteiger partial charge in [0.1, 0.15) is 6.54 Å². The molecule has 0 saturated heterocycles. The van der Waals surface area contributed by atoms with Crippen molar-refractivity contribution in [3.8, 4) is 11.3 Å². The molecule has 22 heavy (non-hydrogen) atoms. The van der Waals surface area contributed by atoms with Gasteiger partial charge in [-0.05, 0) is 18.4 Å². The molecule has 2 rings (SSSR count). The van der Waals surface area contributed by atoms with Crippen LogP contribution in [0.25, 0.3) is 11.3 Å². The minimum atomic E-state index is -0.279. The summed E-state index contributed by atoms with van der Waals surface area (Å²) in [5.41, 5.74) is 1.31. The summed E-state index contributed by atoms with van der Waals surface area (Å²) in [6.07, 6.45) is 0.915. The summed E-state index contributed by atoms with van der Waals surface area (Å²) in [7, 11) is 0. The second kappa shape index (κ2) is 7.54. The van der Waals surface area contributed by atoms with Crippen molar-refractivity contribution in [2.75, 3.05) is 6.54 Å². The predicted molar refractivity (Wildman–Crippen MR) is 86.4 cm³/mol. The lowest BCUT2D eigenvalue weighted by molar-refractivity contribution is -0.121. The van der Waals surface area contributed by atoms with Crippen LogP contribution in [0.1, 0.15) is 20.3 Å². The SMILES string of the molecule is CC(C)CCNC(=O)Cn1nc(-c2ccccc2)ccc1=O. The van der Waals surface area contributed by atoms with Gasteiger partial charge in [0.05, 0.1) is 5.69 Å². The monoisotopic (exact) mass is 299 g/mol. The highest BCUT2D eigenvalue weighted by atomic mass is 16.2. The van der Waals surface area contributed by atoms with Gasteiger partial charge < -0.3 is 5.32 Å². The highest BCUT2D eigenvalue weighted by Gasteiger charge is 2.07. The molecule has 1 N–H and O–H groups in total. The maximum atomic E-state index is 11.9. The molecule has 116 valence electrons. The first-order chi connectivity index (χ1) is 10.6. The van der Waals surface area contributed by atoms with Crippen LogP contribution < -0.4 is 10.9 Å². The van der Waals surface area contributed by atoms with Gasteiger partial charge >= 0.3 is 0 Å². The molecule has 2 aromatic rings. The van der Waals surface area contributed by atoms with E-state index < -0.39 is 0 Å². The molecule has 0 aliphatic carbocycles. The molecule has 0 atom stereocenters. The molecule has 5 heteroatoms. The summed E-state index contributed by atoms with van der Waals surface area (Å²) in [4.78, 5) is 23.7. The molecule has 0 aliphatic heterocycles. The third kappa shape index (κ3) is 4.55. The van der Waals surface area contributed by atoms with Gasteiger partial charge in [-0.3, -0.25) is 9.59 Å². The van der Waals surface area contributed by atoms with Crippen LogP contribution >= 0.6 is 0 Å². The highest BCUT2D eigenvalue weighted by molar-refractivity contribution is 5.75. The van der Waals surface area contributed by atoms with Crippen molar-refractivity contribution in [2.45, 2.75) is 26.8 Å². The highest BCUT2D eigenvalue weighted by Crippen LogP contribution is 2.13. The van der Waals surface area contributed by atoms with E-state index >= 15 is 0 Å². The summed E-state index contributed by atoms with van der Waals surface area (Å²) in [5, 5.41) is 7.08. The van der Waals surface area contributed by atoms with Gasteiger partial charge in [0.25, 0.3) is 5.56 Å². The molecular formula is C17H21N3O2. The minimum absolute atomic E-state index is 0.0579. The van der Waals surface area contributed by atoms with Gasteiger partial charge in [-0.15, -0.1) is 0 Å². The number of nitrogens with zero attached hydrogens (tertiary/aromatic N) is 2. The Morgan fingerprint density at radius 1 is 1.18 bits per heavy atom. The van der Waals surface area contributed by atoms with Gasteiger partial charge in [0.2, 0.25) is 5.91 Å². The zero-order valence-electron chi connectivity index (χ0n) is 13.0. The quantitative estimate of drug-likeness (QED) is 0.888. The van der Waals surface area contributed by atoms with E-state index in [1.54, 1.807) is 6.07 Å². The number of hydrogen-bond donors (Lipinski definition) is 1. The van der Waals surface area contributed by atoms with Crippen molar-refractivity contribution >= 4 is 5.91 Å². The van der Waals surface area contributed by atoms with Gasteiger partial charge in [-0.1, -0.05) is 44.2 Å². The Balaban J connectivity index is 2.08. The van der Waals surface area contributed by atoms with Crippen molar-refractivity contribution in [1.82, 2.24) is 15.1 Å². The minimum Gasteiger partial charge on any atom is -0.354 e. The van der Waals surface area contributed by atoms with Crippen LogP contribution in [0.2, 0.25) is 0 Å². The van der Waals surface area contributed by atoms with E-state index in [4.69, 9.17) is 0 Å². The number of rotatable bonds is 6. The number of amides is 1. The average Bonchev–Trinajstić information content (AvgIpc) is 2.50. The summed E-state index contributed by atoms with van der Waals surface area (Å²) in [5.74, 6) is 0.336. The Kier molecular flexibility index (Phi) is 5.47. The van der Waals surface area contributed by atoms with Crippen molar-refractivity contribution in [3.63, 3.8) is 0 Å². The van der Waals surface area contributed by atoms with E-state index in [1.165, 1.54) is 10.7 Å². The Hall–Kier alpha value is -2.43. The normalized spacial score (nSPS) is 10.7. The summed E-state index contributed by atoms with van der Waals surface area (Å²) in [6.45, 7) is 4.75. The van der Waals surface area contributed by atoms with Gasteiger partial charge in [0.15, 0.2) is 0 Å². The third-order valence-corrected chi connectivity index (χ3v) is 3.27. The molecule has 0 fully saturated rings. The molecule has 0 bridgehead atoms.